The molecular weight excluding hydrogens is 336 g/mol. The van der Waals surface area contributed by atoms with Crippen LogP contribution >= 0.6 is 15.9 Å². The van der Waals surface area contributed by atoms with Gasteiger partial charge in [0.1, 0.15) is 11.3 Å². The minimum Gasteiger partial charge on any atom is -0.497 e. The van der Waals surface area contributed by atoms with Gasteiger partial charge in [0.15, 0.2) is 0 Å². The zero-order valence-electron chi connectivity index (χ0n) is 12.4. The highest BCUT2D eigenvalue weighted by Gasteiger charge is 2.46. The number of primary amides is 1. The lowest BCUT2D eigenvalue weighted by atomic mass is 9.96. The zero-order chi connectivity index (χ0) is 15.5. The number of halogens is 1. The molecule has 1 aliphatic heterocycles. The molecule has 1 aromatic rings. The number of hydrogen-bond acceptors (Lipinski definition) is 4. The molecule has 0 aromatic heterocycles. The van der Waals surface area contributed by atoms with Gasteiger partial charge in [-0.15, -0.1) is 0 Å². The molecule has 5 nitrogen and oxygen atoms in total. The van der Waals surface area contributed by atoms with E-state index in [-0.39, 0.29) is 5.91 Å². The Labute approximate surface area is 133 Å². The summed E-state index contributed by atoms with van der Waals surface area (Å²) in [4.78, 5) is 14.1. The van der Waals surface area contributed by atoms with E-state index in [0.29, 0.717) is 13.2 Å². The molecule has 0 saturated carbocycles. The fourth-order valence-corrected chi connectivity index (χ4v) is 3.39. The summed E-state index contributed by atoms with van der Waals surface area (Å²) in [5, 5.41) is 0. The number of methoxy groups -OCH3 is 2. The van der Waals surface area contributed by atoms with Gasteiger partial charge in [-0.3, -0.25) is 9.69 Å². The Morgan fingerprint density at radius 2 is 2.24 bits per heavy atom. The highest BCUT2D eigenvalue weighted by molar-refractivity contribution is 9.10. The van der Waals surface area contributed by atoms with E-state index in [1.165, 1.54) is 0 Å². The smallest absolute Gasteiger partial charge is 0.240 e. The molecule has 0 spiro atoms. The van der Waals surface area contributed by atoms with E-state index in [1.807, 2.05) is 18.2 Å². The van der Waals surface area contributed by atoms with Crippen LogP contribution in [-0.4, -0.2) is 43.7 Å². The number of carbonyl (C=O) groups excluding carboxylic acids is 1. The molecule has 1 amide bonds. The number of nitrogens with two attached hydrogens (primary N) is 1. The van der Waals surface area contributed by atoms with Gasteiger partial charge >= 0.3 is 0 Å². The van der Waals surface area contributed by atoms with Crippen molar-refractivity contribution >= 4 is 21.8 Å². The van der Waals surface area contributed by atoms with Gasteiger partial charge in [0.2, 0.25) is 5.91 Å². The van der Waals surface area contributed by atoms with Crippen LogP contribution in [0.4, 0.5) is 0 Å². The fourth-order valence-electron chi connectivity index (χ4n) is 2.91. The Kier molecular flexibility index (Phi) is 5.24. The molecule has 1 aliphatic rings. The van der Waals surface area contributed by atoms with E-state index in [0.717, 1.165) is 35.2 Å². The zero-order valence-corrected chi connectivity index (χ0v) is 14.0. The maximum atomic E-state index is 12.0. The summed E-state index contributed by atoms with van der Waals surface area (Å²) in [5.41, 5.74) is 6.05. The van der Waals surface area contributed by atoms with Gasteiger partial charge in [0.25, 0.3) is 0 Å². The summed E-state index contributed by atoms with van der Waals surface area (Å²) in [5.74, 6) is 0.483. The van der Waals surface area contributed by atoms with Gasteiger partial charge in [0, 0.05) is 18.1 Å². The number of carbonyl (C=O) groups is 1. The van der Waals surface area contributed by atoms with Gasteiger partial charge in [-0.05, 0) is 37.1 Å². The summed E-state index contributed by atoms with van der Waals surface area (Å²) >= 11 is 3.55. The van der Waals surface area contributed by atoms with E-state index in [4.69, 9.17) is 15.2 Å². The number of hydrogen-bond donors (Lipinski definition) is 1. The Hall–Kier alpha value is -1.11. The van der Waals surface area contributed by atoms with Crippen molar-refractivity contribution in [3.63, 3.8) is 0 Å². The standard InChI is InChI=1S/C15H21BrN2O3/c1-20-10-15(14(17)19)6-3-7-18(15)9-11-4-5-12(21-2)8-13(11)16/h4-5,8H,3,6-7,9-10H2,1-2H3,(H2,17,19). The van der Waals surface area contributed by atoms with Crippen molar-refractivity contribution < 1.29 is 14.3 Å². The molecule has 1 saturated heterocycles. The topological polar surface area (TPSA) is 64.8 Å². The summed E-state index contributed by atoms with van der Waals surface area (Å²) in [7, 11) is 3.24. The normalized spacial score (nSPS) is 22.4. The second-order valence-corrected chi connectivity index (χ2v) is 6.17. The van der Waals surface area contributed by atoms with Crippen molar-refractivity contribution in [2.24, 2.45) is 5.73 Å². The number of rotatable bonds is 6. The molecule has 2 N–H and O–H groups in total. The molecule has 6 heteroatoms. The van der Waals surface area contributed by atoms with Gasteiger partial charge in [0.05, 0.1) is 13.7 Å². The maximum absolute atomic E-state index is 12.0. The predicted molar refractivity (Wildman–Crippen MR) is 84.1 cm³/mol. The quantitative estimate of drug-likeness (QED) is 0.845. The van der Waals surface area contributed by atoms with Crippen LogP contribution in [0, 0.1) is 0 Å². The first-order valence-electron chi connectivity index (χ1n) is 6.90. The average molecular weight is 357 g/mol. The molecule has 116 valence electrons. The largest absolute Gasteiger partial charge is 0.497 e. The monoisotopic (exact) mass is 356 g/mol. The minimum atomic E-state index is -0.700. The molecule has 21 heavy (non-hydrogen) atoms. The minimum absolute atomic E-state index is 0.313. The summed E-state index contributed by atoms with van der Waals surface area (Å²) in [6.45, 7) is 1.82. The van der Waals surface area contributed by atoms with Crippen LogP contribution in [0.5, 0.6) is 5.75 Å². The molecule has 1 heterocycles. The van der Waals surface area contributed by atoms with Crippen LogP contribution in [0.3, 0.4) is 0 Å². The molecule has 1 atom stereocenters. The van der Waals surface area contributed by atoms with Gasteiger partial charge in [-0.1, -0.05) is 22.0 Å². The molecule has 1 aromatic carbocycles. The lowest BCUT2D eigenvalue weighted by Gasteiger charge is -2.35. The van der Waals surface area contributed by atoms with Gasteiger partial charge in [-0.25, -0.2) is 0 Å². The van der Waals surface area contributed by atoms with Gasteiger partial charge in [-0.2, -0.15) is 0 Å². The summed E-state index contributed by atoms with van der Waals surface area (Å²) < 4.78 is 11.4. The van der Waals surface area contributed by atoms with Crippen molar-refractivity contribution in [3.05, 3.63) is 28.2 Å². The van der Waals surface area contributed by atoms with Crippen molar-refractivity contribution in [2.45, 2.75) is 24.9 Å². The number of amides is 1. The van der Waals surface area contributed by atoms with Crippen LogP contribution in [0.15, 0.2) is 22.7 Å². The Balaban J connectivity index is 2.23. The van der Waals surface area contributed by atoms with E-state index < -0.39 is 5.54 Å². The fraction of sp³-hybridized carbons (Fsp3) is 0.533. The molecule has 1 unspecified atom stereocenters. The van der Waals surface area contributed by atoms with Gasteiger partial charge < -0.3 is 15.2 Å². The Bertz CT molecular complexity index is 524. The Morgan fingerprint density at radius 1 is 1.48 bits per heavy atom. The summed E-state index contributed by atoms with van der Waals surface area (Å²) in [6, 6.07) is 5.84. The number of benzene rings is 1. The molecule has 0 radical (unpaired) electrons. The third kappa shape index (κ3) is 3.22. The molecule has 2 rings (SSSR count). The molecule has 0 aliphatic carbocycles. The maximum Gasteiger partial charge on any atom is 0.240 e. The molecule has 1 fully saturated rings. The highest BCUT2D eigenvalue weighted by Crippen LogP contribution is 2.33. The van der Waals surface area contributed by atoms with Crippen LogP contribution in [0.2, 0.25) is 0 Å². The van der Waals surface area contributed by atoms with Crippen molar-refractivity contribution in [3.8, 4) is 5.75 Å². The van der Waals surface area contributed by atoms with Crippen molar-refractivity contribution in [1.29, 1.82) is 0 Å². The number of likely N-dealkylation sites (tertiary alicyclic amines) is 1. The van der Waals surface area contributed by atoms with E-state index in [2.05, 4.69) is 20.8 Å². The van der Waals surface area contributed by atoms with E-state index in [1.54, 1.807) is 14.2 Å². The molecule has 0 bridgehead atoms. The summed E-state index contributed by atoms with van der Waals surface area (Å²) in [6.07, 6.45) is 1.68. The van der Waals surface area contributed by atoms with E-state index >= 15 is 0 Å². The Morgan fingerprint density at radius 3 is 2.81 bits per heavy atom. The number of nitrogens with zero attached hydrogens (tertiary/aromatic N) is 1. The molecular formula is C15H21BrN2O3. The van der Waals surface area contributed by atoms with Crippen LogP contribution in [-0.2, 0) is 16.1 Å². The predicted octanol–water partition coefficient (Wildman–Crippen LogP) is 1.92. The first-order chi connectivity index (χ1) is 10.0. The second kappa shape index (κ2) is 6.77. The lowest BCUT2D eigenvalue weighted by Crippen LogP contribution is -2.56. The van der Waals surface area contributed by atoms with Crippen molar-refractivity contribution in [2.75, 3.05) is 27.4 Å². The number of ether oxygens (including phenoxy) is 2. The van der Waals surface area contributed by atoms with E-state index in [9.17, 15) is 4.79 Å². The SMILES string of the molecule is COCC1(C(N)=O)CCCN1Cc1ccc(OC)cc1Br. The first-order valence-corrected chi connectivity index (χ1v) is 7.69. The third-order valence-electron chi connectivity index (χ3n) is 4.09. The second-order valence-electron chi connectivity index (χ2n) is 5.31. The van der Waals surface area contributed by atoms with Crippen LogP contribution in [0.25, 0.3) is 0 Å². The van der Waals surface area contributed by atoms with Crippen LogP contribution in [0.1, 0.15) is 18.4 Å². The lowest BCUT2D eigenvalue weighted by molar-refractivity contribution is -0.132. The highest BCUT2D eigenvalue weighted by atomic mass is 79.9. The first kappa shape index (κ1) is 16.3. The van der Waals surface area contributed by atoms with Crippen molar-refractivity contribution in [1.82, 2.24) is 4.90 Å². The third-order valence-corrected chi connectivity index (χ3v) is 4.83. The van der Waals surface area contributed by atoms with Crippen LogP contribution < -0.4 is 10.5 Å². The average Bonchev–Trinajstić information content (AvgIpc) is 2.85.